The minimum Gasteiger partial charge on any atom is -0.326 e. The summed E-state index contributed by atoms with van der Waals surface area (Å²) in [6.45, 7) is 1.49. The van der Waals surface area contributed by atoms with E-state index in [1.807, 2.05) is 42.6 Å². The Morgan fingerprint density at radius 1 is 1.10 bits per heavy atom. The maximum atomic E-state index is 10.9. The lowest BCUT2D eigenvalue weighted by molar-refractivity contribution is -0.114. The van der Waals surface area contributed by atoms with E-state index < -0.39 is 0 Å². The molecule has 0 radical (unpaired) electrons. The zero-order valence-electron chi connectivity index (χ0n) is 11.5. The first-order valence-electron chi connectivity index (χ1n) is 6.23. The van der Waals surface area contributed by atoms with Crippen LogP contribution in [0.4, 0.5) is 11.4 Å². The molecule has 102 valence electrons. The van der Waals surface area contributed by atoms with Gasteiger partial charge in [-0.2, -0.15) is 0 Å². The van der Waals surface area contributed by atoms with Gasteiger partial charge in [-0.1, -0.05) is 12.1 Å². The van der Waals surface area contributed by atoms with Crippen LogP contribution < -0.4 is 5.32 Å². The van der Waals surface area contributed by atoms with Crippen LogP contribution in [0.2, 0.25) is 0 Å². The summed E-state index contributed by atoms with van der Waals surface area (Å²) in [7, 11) is 0. The van der Waals surface area contributed by atoms with Crippen LogP contribution in [0, 0.1) is 0 Å². The Morgan fingerprint density at radius 3 is 2.30 bits per heavy atom. The van der Waals surface area contributed by atoms with Gasteiger partial charge < -0.3 is 5.32 Å². The second kappa shape index (κ2) is 6.91. The summed E-state index contributed by atoms with van der Waals surface area (Å²) in [4.78, 5) is 16.6. The first-order chi connectivity index (χ1) is 9.67. The van der Waals surface area contributed by atoms with Crippen molar-refractivity contribution in [3.05, 3.63) is 54.1 Å². The van der Waals surface area contributed by atoms with E-state index in [9.17, 15) is 4.79 Å². The van der Waals surface area contributed by atoms with Crippen molar-refractivity contribution in [2.24, 2.45) is 4.99 Å². The van der Waals surface area contributed by atoms with Crippen LogP contribution in [0.3, 0.4) is 0 Å². The third-order valence-electron chi connectivity index (χ3n) is 2.67. The number of carbonyl (C=O) groups is 1. The van der Waals surface area contributed by atoms with E-state index in [4.69, 9.17) is 0 Å². The molecule has 0 aliphatic heterocycles. The predicted octanol–water partition coefficient (Wildman–Crippen LogP) is 4.12. The highest BCUT2D eigenvalue weighted by molar-refractivity contribution is 7.98. The fraction of sp³-hybridized carbons (Fsp3) is 0.125. The highest BCUT2D eigenvalue weighted by Gasteiger charge is 1.95. The molecule has 1 N–H and O–H groups in total. The summed E-state index contributed by atoms with van der Waals surface area (Å²) in [6, 6.07) is 15.7. The molecule has 1 amide bonds. The lowest BCUT2D eigenvalue weighted by Gasteiger charge is -2.01. The third-order valence-corrected chi connectivity index (χ3v) is 3.41. The number of amides is 1. The van der Waals surface area contributed by atoms with Crippen molar-refractivity contribution in [2.75, 3.05) is 11.6 Å². The van der Waals surface area contributed by atoms with Gasteiger partial charge in [0.1, 0.15) is 0 Å². The molecule has 3 nitrogen and oxygen atoms in total. The average Bonchev–Trinajstić information content (AvgIpc) is 2.46. The predicted molar refractivity (Wildman–Crippen MR) is 86.2 cm³/mol. The quantitative estimate of drug-likeness (QED) is 0.678. The van der Waals surface area contributed by atoms with Gasteiger partial charge in [-0.3, -0.25) is 9.79 Å². The average molecular weight is 284 g/mol. The van der Waals surface area contributed by atoms with Gasteiger partial charge in [-0.15, -0.1) is 11.8 Å². The standard InChI is InChI=1S/C16H16N2OS/c1-12(19)18-15-7-5-14(6-8-15)17-11-13-3-9-16(20-2)10-4-13/h3-11H,1-2H3,(H,18,19). The van der Waals surface area contributed by atoms with Gasteiger partial charge in [0.05, 0.1) is 5.69 Å². The van der Waals surface area contributed by atoms with Gasteiger partial charge in [0, 0.05) is 23.7 Å². The van der Waals surface area contributed by atoms with E-state index >= 15 is 0 Å². The van der Waals surface area contributed by atoms with Crippen LogP contribution in [0.5, 0.6) is 0 Å². The molecule has 2 aromatic carbocycles. The van der Waals surface area contributed by atoms with Crippen LogP contribution >= 0.6 is 11.8 Å². The Kier molecular flexibility index (Phi) is 4.96. The van der Waals surface area contributed by atoms with Crippen molar-refractivity contribution in [3.8, 4) is 0 Å². The Hall–Kier alpha value is -2.07. The topological polar surface area (TPSA) is 41.5 Å². The first kappa shape index (κ1) is 14.3. The number of nitrogens with zero attached hydrogens (tertiary/aromatic N) is 1. The van der Waals surface area contributed by atoms with E-state index in [0.717, 1.165) is 16.9 Å². The molecular weight excluding hydrogens is 268 g/mol. The van der Waals surface area contributed by atoms with Crippen molar-refractivity contribution in [3.63, 3.8) is 0 Å². The van der Waals surface area contributed by atoms with Gasteiger partial charge in [0.25, 0.3) is 0 Å². The number of rotatable bonds is 4. The Morgan fingerprint density at radius 2 is 1.75 bits per heavy atom. The van der Waals surface area contributed by atoms with Crippen molar-refractivity contribution < 1.29 is 4.79 Å². The lowest BCUT2D eigenvalue weighted by atomic mass is 10.2. The van der Waals surface area contributed by atoms with Crippen LogP contribution in [0.1, 0.15) is 12.5 Å². The first-order valence-corrected chi connectivity index (χ1v) is 7.45. The van der Waals surface area contributed by atoms with E-state index in [-0.39, 0.29) is 5.91 Å². The van der Waals surface area contributed by atoms with Crippen LogP contribution in [-0.4, -0.2) is 18.4 Å². The summed E-state index contributed by atoms with van der Waals surface area (Å²) in [5, 5.41) is 2.73. The number of benzene rings is 2. The molecule has 0 atom stereocenters. The number of hydrogen-bond donors (Lipinski definition) is 1. The number of anilines is 1. The third kappa shape index (κ3) is 4.24. The molecule has 0 aromatic heterocycles. The van der Waals surface area contributed by atoms with Crippen molar-refractivity contribution >= 4 is 35.3 Å². The Labute approximate surface area is 123 Å². The molecule has 0 spiro atoms. The van der Waals surface area contributed by atoms with E-state index in [1.165, 1.54) is 11.8 Å². The monoisotopic (exact) mass is 284 g/mol. The highest BCUT2D eigenvalue weighted by atomic mass is 32.2. The zero-order valence-corrected chi connectivity index (χ0v) is 12.3. The number of thioether (sulfide) groups is 1. The molecule has 20 heavy (non-hydrogen) atoms. The number of carbonyl (C=O) groups excluding carboxylic acids is 1. The van der Waals surface area contributed by atoms with Gasteiger partial charge in [-0.05, 0) is 48.2 Å². The molecule has 0 bridgehead atoms. The molecule has 0 saturated carbocycles. The molecular formula is C16H16N2OS. The second-order valence-corrected chi connectivity index (χ2v) is 5.14. The minimum absolute atomic E-state index is 0.0739. The Bertz CT molecular complexity index is 603. The number of aliphatic imine (C=N–C) groups is 1. The minimum atomic E-state index is -0.0739. The van der Waals surface area contributed by atoms with Crippen molar-refractivity contribution in [1.82, 2.24) is 0 Å². The molecule has 0 unspecified atom stereocenters. The maximum absolute atomic E-state index is 10.9. The van der Waals surface area contributed by atoms with Crippen LogP contribution in [0.25, 0.3) is 0 Å². The largest absolute Gasteiger partial charge is 0.326 e. The highest BCUT2D eigenvalue weighted by Crippen LogP contribution is 2.17. The molecule has 0 aliphatic carbocycles. The summed E-state index contributed by atoms with van der Waals surface area (Å²) in [5.41, 5.74) is 2.70. The zero-order chi connectivity index (χ0) is 14.4. The number of nitrogens with one attached hydrogen (secondary N) is 1. The molecule has 0 saturated heterocycles. The van der Waals surface area contributed by atoms with E-state index in [2.05, 4.69) is 28.7 Å². The molecule has 2 rings (SSSR count). The maximum Gasteiger partial charge on any atom is 0.221 e. The van der Waals surface area contributed by atoms with E-state index in [1.54, 1.807) is 11.8 Å². The number of hydrogen-bond acceptors (Lipinski definition) is 3. The molecule has 0 heterocycles. The summed E-state index contributed by atoms with van der Waals surface area (Å²) >= 11 is 1.72. The fourth-order valence-corrected chi connectivity index (χ4v) is 2.08. The summed E-state index contributed by atoms with van der Waals surface area (Å²) in [5.74, 6) is -0.0739. The van der Waals surface area contributed by atoms with Gasteiger partial charge in [0.15, 0.2) is 0 Å². The fourth-order valence-electron chi connectivity index (χ4n) is 1.67. The van der Waals surface area contributed by atoms with Gasteiger partial charge >= 0.3 is 0 Å². The summed E-state index contributed by atoms with van der Waals surface area (Å²) in [6.07, 6.45) is 3.89. The molecule has 0 fully saturated rings. The molecule has 4 heteroatoms. The van der Waals surface area contributed by atoms with Gasteiger partial charge in [0.2, 0.25) is 5.91 Å². The van der Waals surface area contributed by atoms with E-state index in [0.29, 0.717) is 0 Å². The van der Waals surface area contributed by atoms with Gasteiger partial charge in [-0.25, -0.2) is 0 Å². The summed E-state index contributed by atoms with van der Waals surface area (Å²) < 4.78 is 0. The smallest absolute Gasteiger partial charge is 0.221 e. The van der Waals surface area contributed by atoms with Crippen molar-refractivity contribution in [2.45, 2.75) is 11.8 Å². The van der Waals surface area contributed by atoms with Crippen LogP contribution in [0.15, 0.2) is 58.4 Å². The second-order valence-electron chi connectivity index (χ2n) is 4.26. The van der Waals surface area contributed by atoms with Crippen LogP contribution in [-0.2, 0) is 4.79 Å². The lowest BCUT2D eigenvalue weighted by Crippen LogP contribution is -2.04. The normalized spacial score (nSPS) is 10.7. The van der Waals surface area contributed by atoms with Crippen molar-refractivity contribution in [1.29, 1.82) is 0 Å². The SMILES string of the molecule is CSc1ccc(C=Nc2ccc(NC(C)=O)cc2)cc1. The molecule has 0 aliphatic rings. The Balaban J connectivity index is 2.04. The molecule has 2 aromatic rings.